The number of methoxy groups -OCH3 is 1. The lowest BCUT2D eigenvalue weighted by molar-refractivity contribution is -0.136. The number of benzene rings is 1. The minimum Gasteiger partial charge on any atom is -0.454 e. The fourth-order valence-electron chi connectivity index (χ4n) is 1.64. The normalized spacial score (nSPS) is 16.2. The van der Waals surface area contributed by atoms with Crippen LogP contribution in [0.1, 0.15) is 20.3 Å². The van der Waals surface area contributed by atoms with Crippen LogP contribution in [0, 0.1) is 0 Å². The highest BCUT2D eigenvalue weighted by Gasteiger charge is 2.31. The molecule has 0 bridgehead atoms. The summed E-state index contributed by atoms with van der Waals surface area (Å²) in [5.74, 6) is 1.16. The van der Waals surface area contributed by atoms with Gasteiger partial charge in [-0.05, 0) is 25.5 Å². The van der Waals surface area contributed by atoms with Crippen molar-refractivity contribution in [2.45, 2.75) is 25.9 Å². The third kappa shape index (κ3) is 2.26. The molecule has 2 rings (SSSR count). The first-order valence-corrected chi connectivity index (χ1v) is 5.85. The van der Waals surface area contributed by atoms with Crippen molar-refractivity contribution in [3.63, 3.8) is 0 Å². The summed E-state index contributed by atoms with van der Waals surface area (Å²) in [5, 5.41) is 2.81. The van der Waals surface area contributed by atoms with E-state index in [-0.39, 0.29) is 12.7 Å². The van der Waals surface area contributed by atoms with Crippen LogP contribution in [0.25, 0.3) is 0 Å². The molecule has 1 aromatic rings. The Morgan fingerprint density at radius 3 is 2.83 bits per heavy atom. The molecule has 1 atom stereocenters. The zero-order valence-electron chi connectivity index (χ0n) is 10.8. The van der Waals surface area contributed by atoms with Gasteiger partial charge >= 0.3 is 0 Å². The Labute approximate surface area is 106 Å². The highest BCUT2D eigenvalue weighted by atomic mass is 16.7. The van der Waals surface area contributed by atoms with Crippen LogP contribution in [0.5, 0.6) is 11.5 Å². The van der Waals surface area contributed by atoms with Gasteiger partial charge in [0.1, 0.15) is 5.60 Å². The molecule has 18 heavy (non-hydrogen) atoms. The summed E-state index contributed by atoms with van der Waals surface area (Å²) in [6.07, 6.45) is 0.597. The third-order valence-electron chi connectivity index (χ3n) is 3.24. The largest absolute Gasteiger partial charge is 0.454 e. The topological polar surface area (TPSA) is 56.8 Å². The van der Waals surface area contributed by atoms with E-state index < -0.39 is 5.60 Å². The Balaban J connectivity index is 2.12. The number of amides is 1. The first-order valence-electron chi connectivity index (χ1n) is 5.85. The van der Waals surface area contributed by atoms with Crippen molar-refractivity contribution in [3.8, 4) is 11.5 Å². The summed E-state index contributed by atoms with van der Waals surface area (Å²) >= 11 is 0. The summed E-state index contributed by atoms with van der Waals surface area (Å²) in [6.45, 7) is 3.88. The molecule has 5 nitrogen and oxygen atoms in total. The van der Waals surface area contributed by atoms with Crippen LogP contribution in [0.3, 0.4) is 0 Å². The zero-order valence-corrected chi connectivity index (χ0v) is 10.8. The van der Waals surface area contributed by atoms with Crippen molar-refractivity contribution in [3.05, 3.63) is 18.2 Å². The highest BCUT2D eigenvalue weighted by molar-refractivity contribution is 5.97. The van der Waals surface area contributed by atoms with Crippen LogP contribution in [0.15, 0.2) is 18.2 Å². The zero-order chi connectivity index (χ0) is 13.2. The van der Waals surface area contributed by atoms with Crippen molar-refractivity contribution in [2.75, 3.05) is 19.2 Å². The van der Waals surface area contributed by atoms with Crippen LogP contribution in [-0.2, 0) is 9.53 Å². The predicted octanol–water partition coefficient (Wildman–Crippen LogP) is 2.17. The molecule has 0 saturated carbocycles. The first-order chi connectivity index (χ1) is 8.59. The maximum atomic E-state index is 12.1. The second-order valence-electron chi connectivity index (χ2n) is 4.31. The van der Waals surface area contributed by atoms with Gasteiger partial charge in [-0.15, -0.1) is 0 Å². The molecule has 5 heteroatoms. The molecule has 1 aliphatic heterocycles. The lowest BCUT2D eigenvalue weighted by Gasteiger charge is -2.25. The average molecular weight is 251 g/mol. The van der Waals surface area contributed by atoms with Crippen molar-refractivity contribution < 1.29 is 19.0 Å². The summed E-state index contributed by atoms with van der Waals surface area (Å²) in [4.78, 5) is 12.1. The number of rotatable bonds is 4. The molecule has 98 valence electrons. The molecule has 0 fully saturated rings. The van der Waals surface area contributed by atoms with Crippen molar-refractivity contribution in [1.82, 2.24) is 0 Å². The fourth-order valence-corrected chi connectivity index (χ4v) is 1.64. The number of hydrogen-bond donors (Lipinski definition) is 1. The second-order valence-corrected chi connectivity index (χ2v) is 4.31. The second kappa shape index (κ2) is 4.86. The number of hydrogen-bond acceptors (Lipinski definition) is 4. The van der Waals surface area contributed by atoms with Gasteiger partial charge in [0, 0.05) is 18.9 Å². The maximum absolute atomic E-state index is 12.1. The molecule has 1 unspecified atom stereocenters. The van der Waals surface area contributed by atoms with Gasteiger partial charge in [0.2, 0.25) is 6.79 Å². The number of carbonyl (C=O) groups excluding carboxylic acids is 1. The van der Waals surface area contributed by atoms with Gasteiger partial charge in [0.15, 0.2) is 11.5 Å². The summed E-state index contributed by atoms with van der Waals surface area (Å²) < 4.78 is 15.7. The highest BCUT2D eigenvalue weighted by Crippen LogP contribution is 2.34. The van der Waals surface area contributed by atoms with E-state index in [1.165, 1.54) is 7.11 Å². The van der Waals surface area contributed by atoms with E-state index in [1.807, 2.05) is 6.92 Å². The average Bonchev–Trinajstić information content (AvgIpc) is 2.85. The molecule has 1 N–H and O–H groups in total. The van der Waals surface area contributed by atoms with E-state index in [4.69, 9.17) is 14.2 Å². The Bertz CT molecular complexity index is 454. The molecular formula is C13H17NO4. The van der Waals surface area contributed by atoms with Crippen LogP contribution in [0.2, 0.25) is 0 Å². The van der Waals surface area contributed by atoms with E-state index in [9.17, 15) is 4.79 Å². The Morgan fingerprint density at radius 2 is 2.17 bits per heavy atom. The van der Waals surface area contributed by atoms with E-state index in [2.05, 4.69) is 5.32 Å². The Kier molecular flexibility index (Phi) is 3.43. The molecule has 0 spiro atoms. The third-order valence-corrected chi connectivity index (χ3v) is 3.24. The van der Waals surface area contributed by atoms with Gasteiger partial charge in [-0.25, -0.2) is 0 Å². The van der Waals surface area contributed by atoms with Crippen molar-refractivity contribution in [2.24, 2.45) is 0 Å². The minimum atomic E-state index is -0.823. The summed E-state index contributed by atoms with van der Waals surface area (Å²) in [6, 6.07) is 5.29. The lowest BCUT2D eigenvalue weighted by atomic mass is 10.0. The maximum Gasteiger partial charge on any atom is 0.256 e. The van der Waals surface area contributed by atoms with Crippen LogP contribution in [-0.4, -0.2) is 25.4 Å². The Morgan fingerprint density at radius 1 is 1.44 bits per heavy atom. The standard InChI is InChI=1S/C13H17NO4/c1-4-13(2,16-3)12(15)14-9-5-6-10-11(7-9)18-8-17-10/h5-7H,4,8H2,1-3H3,(H,14,15). The summed E-state index contributed by atoms with van der Waals surface area (Å²) in [5.41, 5.74) is -0.155. The number of carbonyl (C=O) groups is 1. The fraction of sp³-hybridized carbons (Fsp3) is 0.462. The monoisotopic (exact) mass is 251 g/mol. The quantitative estimate of drug-likeness (QED) is 0.891. The van der Waals surface area contributed by atoms with Gasteiger partial charge in [-0.3, -0.25) is 4.79 Å². The van der Waals surface area contributed by atoms with Gasteiger partial charge in [0.25, 0.3) is 5.91 Å². The van der Waals surface area contributed by atoms with Gasteiger partial charge in [0.05, 0.1) is 0 Å². The Hall–Kier alpha value is -1.75. The number of fused-ring (bicyclic) bond motifs is 1. The molecule has 0 aliphatic carbocycles. The minimum absolute atomic E-state index is 0.175. The van der Waals surface area contributed by atoms with Gasteiger partial charge in [-0.1, -0.05) is 6.92 Å². The molecule has 1 amide bonds. The van der Waals surface area contributed by atoms with Crippen LogP contribution in [0.4, 0.5) is 5.69 Å². The summed E-state index contributed by atoms with van der Waals surface area (Å²) in [7, 11) is 1.53. The molecule has 1 aromatic carbocycles. The molecule has 1 heterocycles. The van der Waals surface area contributed by atoms with E-state index in [0.717, 1.165) is 0 Å². The van der Waals surface area contributed by atoms with Gasteiger partial charge < -0.3 is 19.5 Å². The molecular weight excluding hydrogens is 234 g/mol. The van der Waals surface area contributed by atoms with Crippen molar-refractivity contribution >= 4 is 11.6 Å². The molecule has 0 radical (unpaired) electrons. The number of nitrogens with one attached hydrogen (secondary N) is 1. The predicted molar refractivity (Wildman–Crippen MR) is 66.9 cm³/mol. The van der Waals surface area contributed by atoms with Gasteiger partial charge in [-0.2, -0.15) is 0 Å². The number of anilines is 1. The van der Waals surface area contributed by atoms with E-state index >= 15 is 0 Å². The lowest BCUT2D eigenvalue weighted by Crippen LogP contribution is -2.41. The van der Waals surface area contributed by atoms with Crippen molar-refractivity contribution in [1.29, 1.82) is 0 Å². The van der Waals surface area contributed by atoms with Crippen LogP contribution >= 0.6 is 0 Å². The van der Waals surface area contributed by atoms with E-state index in [0.29, 0.717) is 23.6 Å². The van der Waals surface area contributed by atoms with E-state index in [1.54, 1.807) is 25.1 Å². The first kappa shape index (κ1) is 12.7. The smallest absolute Gasteiger partial charge is 0.256 e. The van der Waals surface area contributed by atoms with Crippen LogP contribution < -0.4 is 14.8 Å². The SMILES string of the molecule is CCC(C)(OC)C(=O)Nc1ccc2c(c1)OCO2. The molecule has 0 aromatic heterocycles. The number of ether oxygens (including phenoxy) is 3. The molecule has 1 aliphatic rings. The molecule has 0 saturated heterocycles.